The van der Waals surface area contributed by atoms with Crippen molar-refractivity contribution in [1.29, 1.82) is 0 Å². The predicted molar refractivity (Wildman–Crippen MR) is 74.0 cm³/mol. The van der Waals surface area contributed by atoms with Gasteiger partial charge >= 0.3 is 6.18 Å². The molecule has 0 spiro atoms. The SMILES string of the molecule is OCC1CCCN(CCNc2cc(C(F)(F)F)ccn2)C1. The molecule has 1 aromatic heterocycles. The quantitative estimate of drug-likeness (QED) is 0.875. The number of likely N-dealkylation sites (tertiary alicyclic amines) is 1. The van der Waals surface area contributed by atoms with Crippen LogP contribution in [0.25, 0.3) is 0 Å². The number of alkyl halides is 3. The molecule has 7 heteroatoms. The molecule has 1 atom stereocenters. The molecule has 1 unspecified atom stereocenters. The van der Waals surface area contributed by atoms with Crippen molar-refractivity contribution in [3.8, 4) is 0 Å². The Labute approximate surface area is 122 Å². The Morgan fingerprint density at radius 2 is 2.24 bits per heavy atom. The van der Waals surface area contributed by atoms with E-state index in [9.17, 15) is 13.2 Å². The van der Waals surface area contributed by atoms with Gasteiger partial charge in [0.1, 0.15) is 5.82 Å². The Morgan fingerprint density at radius 3 is 2.95 bits per heavy atom. The molecule has 4 nitrogen and oxygen atoms in total. The van der Waals surface area contributed by atoms with Crippen molar-refractivity contribution in [2.24, 2.45) is 5.92 Å². The first-order valence-corrected chi connectivity index (χ1v) is 7.09. The molecule has 0 bridgehead atoms. The zero-order valence-corrected chi connectivity index (χ0v) is 11.7. The van der Waals surface area contributed by atoms with Gasteiger partial charge in [-0.15, -0.1) is 0 Å². The fraction of sp³-hybridized carbons (Fsp3) is 0.643. The second-order valence-corrected chi connectivity index (χ2v) is 5.35. The number of nitrogens with one attached hydrogen (secondary N) is 1. The largest absolute Gasteiger partial charge is 0.416 e. The van der Waals surface area contributed by atoms with Crippen LogP contribution in [0.15, 0.2) is 18.3 Å². The smallest absolute Gasteiger partial charge is 0.396 e. The van der Waals surface area contributed by atoms with Gasteiger partial charge in [-0.3, -0.25) is 0 Å². The van der Waals surface area contributed by atoms with Gasteiger partial charge in [0.05, 0.1) is 5.56 Å². The molecule has 2 N–H and O–H groups in total. The summed E-state index contributed by atoms with van der Waals surface area (Å²) in [4.78, 5) is 6.11. The maximum atomic E-state index is 12.6. The van der Waals surface area contributed by atoms with Crippen molar-refractivity contribution >= 4 is 5.82 Å². The highest BCUT2D eigenvalue weighted by atomic mass is 19.4. The number of nitrogens with zero attached hydrogens (tertiary/aromatic N) is 2. The van der Waals surface area contributed by atoms with Crippen molar-refractivity contribution in [2.45, 2.75) is 19.0 Å². The van der Waals surface area contributed by atoms with E-state index in [1.165, 1.54) is 0 Å². The summed E-state index contributed by atoms with van der Waals surface area (Å²) in [6.07, 6.45) is -1.10. The van der Waals surface area contributed by atoms with Crippen LogP contribution in [0.1, 0.15) is 18.4 Å². The van der Waals surface area contributed by atoms with E-state index >= 15 is 0 Å². The minimum Gasteiger partial charge on any atom is -0.396 e. The Balaban J connectivity index is 1.81. The van der Waals surface area contributed by atoms with Gasteiger partial charge in [0.2, 0.25) is 0 Å². The van der Waals surface area contributed by atoms with E-state index in [4.69, 9.17) is 5.11 Å². The topological polar surface area (TPSA) is 48.4 Å². The Morgan fingerprint density at radius 1 is 1.43 bits per heavy atom. The van der Waals surface area contributed by atoms with Gasteiger partial charge in [-0.25, -0.2) is 4.98 Å². The highest BCUT2D eigenvalue weighted by Crippen LogP contribution is 2.29. The van der Waals surface area contributed by atoms with Gasteiger partial charge in [-0.2, -0.15) is 13.2 Å². The number of hydrogen-bond acceptors (Lipinski definition) is 4. The highest BCUT2D eigenvalue weighted by Gasteiger charge is 2.30. The van der Waals surface area contributed by atoms with Crippen LogP contribution >= 0.6 is 0 Å². The van der Waals surface area contributed by atoms with E-state index in [-0.39, 0.29) is 12.4 Å². The van der Waals surface area contributed by atoms with E-state index < -0.39 is 11.7 Å². The fourth-order valence-electron chi connectivity index (χ4n) is 2.55. The summed E-state index contributed by atoms with van der Waals surface area (Å²) in [5.74, 6) is 0.547. The van der Waals surface area contributed by atoms with Crippen LogP contribution in [0.5, 0.6) is 0 Å². The van der Waals surface area contributed by atoms with Crippen LogP contribution in [0.4, 0.5) is 19.0 Å². The summed E-state index contributed by atoms with van der Waals surface area (Å²) >= 11 is 0. The van der Waals surface area contributed by atoms with Crippen molar-refractivity contribution in [2.75, 3.05) is 38.1 Å². The zero-order valence-electron chi connectivity index (χ0n) is 11.7. The minimum absolute atomic E-state index is 0.194. The molecule has 2 rings (SSSR count). The van der Waals surface area contributed by atoms with Gasteiger partial charge in [0, 0.05) is 32.4 Å². The molecule has 0 radical (unpaired) electrons. The van der Waals surface area contributed by atoms with Gasteiger partial charge in [0.25, 0.3) is 0 Å². The van der Waals surface area contributed by atoms with Gasteiger partial charge in [-0.1, -0.05) is 0 Å². The average molecular weight is 303 g/mol. The Bertz CT molecular complexity index is 453. The van der Waals surface area contributed by atoms with E-state index in [1.54, 1.807) is 0 Å². The van der Waals surface area contributed by atoms with Crippen LogP contribution in [-0.4, -0.2) is 47.8 Å². The van der Waals surface area contributed by atoms with E-state index in [0.29, 0.717) is 12.5 Å². The minimum atomic E-state index is -4.35. The number of rotatable bonds is 5. The molecule has 118 valence electrons. The molecule has 2 heterocycles. The summed E-state index contributed by atoms with van der Waals surface area (Å²) < 4.78 is 37.7. The van der Waals surface area contributed by atoms with E-state index in [2.05, 4.69) is 15.2 Å². The number of pyridine rings is 1. The number of hydrogen-bond donors (Lipinski definition) is 2. The third kappa shape index (κ3) is 4.86. The zero-order chi connectivity index (χ0) is 15.3. The maximum absolute atomic E-state index is 12.6. The number of piperidine rings is 1. The van der Waals surface area contributed by atoms with Crippen molar-refractivity contribution < 1.29 is 18.3 Å². The normalized spacial score (nSPS) is 20.5. The van der Waals surface area contributed by atoms with Gasteiger partial charge < -0.3 is 15.3 Å². The number of aromatic nitrogens is 1. The number of aliphatic hydroxyl groups excluding tert-OH is 1. The van der Waals surface area contributed by atoms with Crippen molar-refractivity contribution in [3.05, 3.63) is 23.9 Å². The van der Waals surface area contributed by atoms with E-state index in [1.807, 2.05) is 0 Å². The molecule has 0 aromatic carbocycles. The summed E-state index contributed by atoms with van der Waals surface area (Å²) in [5, 5.41) is 12.1. The van der Waals surface area contributed by atoms with Crippen LogP contribution in [0.2, 0.25) is 0 Å². The molecule has 21 heavy (non-hydrogen) atoms. The van der Waals surface area contributed by atoms with Crippen LogP contribution in [0.3, 0.4) is 0 Å². The average Bonchev–Trinajstić information content (AvgIpc) is 2.47. The van der Waals surface area contributed by atoms with Crippen LogP contribution in [0, 0.1) is 5.92 Å². The standard InChI is InChI=1S/C14H20F3N3O/c15-14(16,17)12-3-4-18-13(8-12)19-5-7-20-6-1-2-11(9-20)10-21/h3-4,8,11,21H,1-2,5-7,9-10H2,(H,18,19). The lowest BCUT2D eigenvalue weighted by Gasteiger charge is -2.31. The Hall–Kier alpha value is -1.34. The molecular weight excluding hydrogens is 283 g/mol. The first kappa shape index (κ1) is 16.0. The summed E-state index contributed by atoms with van der Waals surface area (Å²) in [5.41, 5.74) is -0.696. The van der Waals surface area contributed by atoms with Gasteiger partial charge in [-0.05, 0) is 37.4 Å². The second-order valence-electron chi connectivity index (χ2n) is 5.35. The number of anilines is 1. The second kappa shape index (κ2) is 7.09. The van der Waals surface area contributed by atoms with Gasteiger partial charge in [0.15, 0.2) is 0 Å². The third-order valence-corrected chi connectivity index (χ3v) is 3.68. The lowest BCUT2D eigenvalue weighted by atomic mass is 9.99. The number of aliphatic hydroxyl groups is 1. The maximum Gasteiger partial charge on any atom is 0.416 e. The molecule has 0 aliphatic carbocycles. The Kier molecular flexibility index (Phi) is 5.41. The first-order chi connectivity index (χ1) is 9.99. The van der Waals surface area contributed by atoms with Crippen LogP contribution in [-0.2, 0) is 6.18 Å². The van der Waals surface area contributed by atoms with E-state index in [0.717, 1.165) is 50.8 Å². The monoisotopic (exact) mass is 303 g/mol. The van der Waals surface area contributed by atoms with Crippen LogP contribution < -0.4 is 5.32 Å². The molecule has 1 fully saturated rings. The summed E-state index contributed by atoms with van der Waals surface area (Å²) in [6, 6.07) is 1.98. The molecular formula is C14H20F3N3O. The molecule has 0 amide bonds. The molecule has 1 aliphatic rings. The first-order valence-electron chi connectivity index (χ1n) is 7.09. The molecule has 1 aliphatic heterocycles. The van der Waals surface area contributed by atoms with Crippen molar-refractivity contribution in [1.82, 2.24) is 9.88 Å². The molecule has 1 aromatic rings. The molecule has 1 saturated heterocycles. The molecule has 0 saturated carbocycles. The lowest BCUT2D eigenvalue weighted by Crippen LogP contribution is -2.39. The number of halogens is 3. The summed E-state index contributed by atoms with van der Waals surface area (Å²) in [7, 11) is 0. The van der Waals surface area contributed by atoms with Crippen molar-refractivity contribution in [3.63, 3.8) is 0 Å². The predicted octanol–water partition coefficient (Wildman–Crippen LogP) is 2.22. The summed E-state index contributed by atoms with van der Waals surface area (Å²) in [6.45, 7) is 3.27. The fourth-order valence-corrected chi connectivity index (χ4v) is 2.55. The third-order valence-electron chi connectivity index (χ3n) is 3.68. The lowest BCUT2D eigenvalue weighted by molar-refractivity contribution is -0.137. The highest BCUT2D eigenvalue weighted by molar-refractivity contribution is 5.38.